The lowest BCUT2D eigenvalue weighted by molar-refractivity contribution is -0.156. The number of aliphatic hydroxyl groups is 2. The number of carbonyl (C=O) groups excluding carboxylic acids is 2. The summed E-state index contributed by atoms with van der Waals surface area (Å²) < 4.78 is 30.5. The monoisotopic (exact) mass is 312 g/mol. The van der Waals surface area contributed by atoms with Gasteiger partial charge < -0.3 is 20.3 Å². The van der Waals surface area contributed by atoms with E-state index < -0.39 is 18.6 Å². The molecule has 0 aromatic carbocycles. The SMILES string of the molecule is CNC1CCC(C(F)(F)CO)O1.CO.O=C/C=C\NC=O. The molecule has 2 unspecified atom stereocenters. The number of allylic oxidation sites excluding steroid dienone is 1. The minimum Gasteiger partial charge on any atom is -0.400 e. The summed E-state index contributed by atoms with van der Waals surface area (Å²) in [6.45, 7) is -1.14. The van der Waals surface area contributed by atoms with E-state index in [1.807, 2.05) is 0 Å². The molecule has 0 spiro atoms. The number of aliphatic hydroxyl groups excluding tert-OH is 2. The number of carbonyl (C=O) groups is 2. The molecule has 1 heterocycles. The molecule has 0 aromatic heterocycles. The fourth-order valence-electron chi connectivity index (χ4n) is 1.40. The van der Waals surface area contributed by atoms with Gasteiger partial charge in [-0.15, -0.1) is 0 Å². The molecule has 0 saturated carbocycles. The Morgan fingerprint density at radius 1 is 1.33 bits per heavy atom. The van der Waals surface area contributed by atoms with Gasteiger partial charge in [-0.25, -0.2) is 8.78 Å². The Labute approximate surface area is 122 Å². The molecule has 0 aliphatic carbocycles. The number of hydrogen-bond acceptors (Lipinski definition) is 6. The Kier molecular flexibility index (Phi) is 14.1. The van der Waals surface area contributed by atoms with Gasteiger partial charge in [0.15, 0.2) is 0 Å². The molecule has 1 aliphatic heterocycles. The van der Waals surface area contributed by atoms with Crippen molar-refractivity contribution in [2.24, 2.45) is 0 Å². The number of amides is 1. The van der Waals surface area contributed by atoms with Gasteiger partial charge in [-0.2, -0.15) is 0 Å². The van der Waals surface area contributed by atoms with Crippen molar-refractivity contribution < 1.29 is 33.3 Å². The number of halogens is 2. The van der Waals surface area contributed by atoms with Crippen molar-refractivity contribution in [3.8, 4) is 0 Å². The van der Waals surface area contributed by atoms with Crippen LogP contribution in [0.3, 0.4) is 0 Å². The highest BCUT2D eigenvalue weighted by Gasteiger charge is 2.44. The first-order valence-electron chi connectivity index (χ1n) is 6.08. The maximum atomic E-state index is 12.8. The first-order valence-corrected chi connectivity index (χ1v) is 6.08. The first-order chi connectivity index (χ1) is 10.0. The number of hydrogen-bond donors (Lipinski definition) is 4. The summed E-state index contributed by atoms with van der Waals surface area (Å²) in [4.78, 5) is 18.8. The smallest absolute Gasteiger partial charge is 0.296 e. The van der Waals surface area contributed by atoms with Crippen LogP contribution in [0, 0.1) is 0 Å². The maximum absolute atomic E-state index is 12.8. The van der Waals surface area contributed by atoms with E-state index in [4.69, 9.17) is 14.9 Å². The molecule has 1 aliphatic rings. The maximum Gasteiger partial charge on any atom is 0.296 e. The second-order valence-electron chi connectivity index (χ2n) is 3.68. The van der Waals surface area contributed by atoms with Crippen LogP contribution in [-0.2, 0) is 14.3 Å². The van der Waals surface area contributed by atoms with Gasteiger partial charge in [-0.1, -0.05) is 0 Å². The van der Waals surface area contributed by atoms with Crippen molar-refractivity contribution in [1.82, 2.24) is 10.6 Å². The highest BCUT2D eigenvalue weighted by atomic mass is 19.3. The van der Waals surface area contributed by atoms with Crippen molar-refractivity contribution in [1.29, 1.82) is 0 Å². The van der Waals surface area contributed by atoms with Gasteiger partial charge in [0, 0.05) is 13.3 Å². The van der Waals surface area contributed by atoms with E-state index in [9.17, 15) is 18.4 Å². The Bertz CT molecular complexity index is 303. The second kappa shape index (κ2) is 13.6. The summed E-state index contributed by atoms with van der Waals surface area (Å²) in [6, 6.07) is 0. The summed E-state index contributed by atoms with van der Waals surface area (Å²) in [6.07, 6.45) is 2.92. The van der Waals surface area contributed by atoms with E-state index in [1.165, 1.54) is 12.3 Å². The van der Waals surface area contributed by atoms with E-state index in [1.54, 1.807) is 7.05 Å². The van der Waals surface area contributed by atoms with Gasteiger partial charge in [0.1, 0.15) is 25.2 Å². The predicted molar refractivity (Wildman–Crippen MR) is 71.5 cm³/mol. The van der Waals surface area contributed by atoms with Crippen LogP contribution in [0.1, 0.15) is 12.8 Å². The molecule has 9 heteroatoms. The van der Waals surface area contributed by atoms with Gasteiger partial charge in [-0.05, 0) is 26.0 Å². The minimum absolute atomic E-state index is 0.291. The standard InChI is InChI=1S/C7H13F2NO2.C4H5NO2.CH4O/c1-10-6-3-2-5(12-6)7(8,9)4-11;6-3-1-2-5-4-7;1-2/h5-6,10-11H,2-4H2,1H3;1-4H,(H,5,7);2H,1H3/b;2-1-;. The lowest BCUT2D eigenvalue weighted by Gasteiger charge is -2.21. The summed E-state index contributed by atoms with van der Waals surface area (Å²) >= 11 is 0. The summed E-state index contributed by atoms with van der Waals surface area (Å²) in [5.41, 5.74) is 0. The summed E-state index contributed by atoms with van der Waals surface area (Å²) in [5.74, 6) is -3.11. The zero-order chi connectivity index (χ0) is 16.7. The lowest BCUT2D eigenvalue weighted by atomic mass is 10.1. The Morgan fingerprint density at radius 2 is 1.95 bits per heavy atom. The third kappa shape index (κ3) is 10.0. The fourth-order valence-corrected chi connectivity index (χ4v) is 1.40. The van der Waals surface area contributed by atoms with Gasteiger partial charge in [0.05, 0.1) is 0 Å². The normalized spacial score (nSPS) is 20.9. The van der Waals surface area contributed by atoms with Crippen LogP contribution in [-0.4, -0.2) is 61.9 Å². The van der Waals surface area contributed by atoms with Crippen molar-refractivity contribution in [2.75, 3.05) is 20.8 Å². The van der Waals surface area contributed by atoms with Crippen LogP contribution < -0.4 is 10.6 Å². The molecule has 21 heavy (non-hydrogen) atoms. The van der Waals surface area contributed by atoms with Crippen molar-refractivity contribution >= 4 is 12.7 Å². The van der Waals surface area contributed by atoms with Crippen molar-refractivity contribution in [3.63, 3.8) is 0 Å². The van der Waals surface area contributed by atoms with Gasteiger partial charge in [0.2, 0.25) is 6.41 Å². The van der Waals surface area contributed by atoms with Crippen molar-refractivity contribution in [2.45, 2.75) is 31.1 Å². The number of ether oxygens (including phenoxy) is 1. The zero-order valence-corrected chi connectivity index (χ0v) is 12.0. The Morgan fingerprint density at radius 3 is 2.33 bits per heavy atom. The summed E-state index contributed by atoms with van der Waals surface area (Å²) in [5, 5.41) is 20.3. The molecule has 0 bridgehead atoms. The summed E-state index contributed by atoms with van der Waals surface area (Å²) in [7, 11) is 2.66. The number of alkyl halides is 2. The first kappa shape index (κ1) is 21.9. The molecule has 1 saturated heterocycles. The number of rotatable bonds is 6. The molecule has 1 fully saturated rings. The van der Waals surface area contributed by atoms with Crippen LogP contribution in [0.25, 0.3) is 0 Å². The van der Waals surface area contributed by atoms with E-state index in [-0.39, 0.29) is 6.23 Å². The van der Waals surface area contributed by atoms with Crippen molar-refractivity contribution in [3.05, 3.63) is 12.3 Å². The minimum atomic E-state index is -3.11. The molecule has 0 radical (unpaired) electrons. The van der Waals surface area contributed by atoms with E-state index in [0.29, 0.717) is 25.5 Å². The zero-order valence-electron chi connectivity index (χ0n) is 12.0. The molecular formula is C12H22F2N2O5. The second-order valence-corrected chi connectivity index (χ2v) is 3.68. The molecule has 7 nitrogen and oxygen atoms in total. The van der Waals surface area contributed by atoms with Crippen LogP contribution in [0.2, 0.25) is 0 Å². The largest absolute Gasteiger partial charge is 0.400 e. The molecule has 4 N–H and O–H groups in total. The Hall–Kier alpha value is -1.42. The highest BCUT2D eigenvalue weighted by molar-refractivity contribution is 5.65. The van der Waals surface area contributed by atoms with Crippen LogP contribution in [0.4, 0.5) is 8.78 Å². The van der Waals surface area contributed by atoms with Crippen LogP contribution in [0.15, 0.2) is 12.3 Å². The number of aldehydes is 1. The molecule has 1 rings (SSSR count). The van der Waals surface area contributed by atoms with Gasteiger partial charge in [-0.3, -0.25) is 14.9 Å². The molecule has 124 valence electrons. The average molecular weight is 312 g/mol. The molecule has 0 aromatic rings. The average Bonchev–Trinajstić information content (AvgIpc) is 3.00. The third-order valence-electron chi connectivity index (χ3n) is 2.36. The van der Waals surface area contributed by atoms with Crippen LogP contribution in [0.5, 0.6) is 0 Å². The van der Waals surface area contributed by atoms with E-state index in [2.05, 4.69) is 10.6 Å². The topological polar surface area (TPSA) is 108 Å². The molecule has 2 atom stereocenters. The molecule has 1 amide bonds. The van der Waals surface area contributed by atoms with E-state index in [0.717, 1.165) is 7.11 Å². The quantitative estimate of drug-likeness (QED) is 0.385. The Balaban J connectivity index is 0. The van der Waals surface area contributed by atoms with E-state index >= 15 is 0 Å². The predicted octanol–water partition coefficient (Wildman–Crippen LogP) is -0.608. The van der Waals surface area contributed by atoms with Gasteiger partial charge >= 0.3 is 0 Å². The van der Waals surface area contributed by atoms with Crippen LogP contribution >= 0.6 is 0 Å². The fraction of sp³-hybridized carbons (Fsp3) is 0.667. The highest BCUT2D eigenvalue weighted by Crippen LogP contribution is 2.30. The lowest BCUT2D eigenvalue weighted by Crippen LogP contribution is -2.38. The third-order valence-corrected chi connectivity index (χ3v) is 2.36. The van der Waals surface area contributed by atoms with Gasteiger partial charge in [0.25, 0.3) is 5.92 Å². The number of nitrogens with one attached hydrogen (secondary N) is 2. The molecular weight excluding hydrogens is 290 g/mol.